The molecule has 0 saturated carbocycles. The van der Waals surface area contributed by atoms with Crippen LogP contribution in [0.15, 0.2) is 17.3 Å². The first kappa shape index (κ1) is 12.0. The molecular formula is C14H12N4S. The zero-order chi connectivity index (χ0) is 13.2. The molecule has 4 nitrogen and oxygen atoms in total. The summed E-state index contributed by atoms with van der Waals surface area (Å²) in [5.41, 5.74) is 1.79. The number of aliphatic imine (C=N–C) groups is 1. The molecule has 19 heavy (non-hydrogen) atoms. The van der Waals surface area contributed by atoms with Crippen LogP contribution in [0.4, 0.5) is 0 Å². The summed E-state index contributed by atoms with van der Waals surface area (Å²) in [6, 6.07) is 1.85. The lowest BCUT2D eigenvalue weighted by Gasteiger charge is -2.06. The van der Waals surface area contributed by atoms with Gasteiger partial charge in [0.15, 0.2) is 0 Å². The van der Waals surface area contributed by atoms with E-state index in [1.807, 2.05) is 19.2 Å². The fourth-order valence-corrected chi connectivity index (χ4v) is 3.12. The Morgan fingerprint density at radius 2 is 2.32 bits per heavy atom. The average molecular weight is 268 g/mol. The largest absolute Gasteiger partial charge is 0.291 e. The van der Waals surface area contributed by atoms with E-state index in [0.29, 0.717) is 0 Å². The molecule has 3 rings (SSSR count). The second-order valence-corrected chi connectivity index (χ2v) is 5.39. The SMILES string of the molecule is C#CC(c1ccnc(C)n1)c1nc2c(s1)CCN=C2. The number of aromatic nitrogens is 3. The smallest absolute Gasteiger partial charge is 0.125 e. The van der Waals surface area contributed by atoms with Gasteiger partial charge in [0.05, 0.1) is 11.4 Å². The van der Waals surface area contributed by atoms with Crippen LogP contribution in [0, 0.1) is 19.3 Å². The van der Waals surface area contributed by atoms with Gasteiger partial charge in [-0.2, -0.15) is 0 Å². The van der Waals surface area contributed by atoms with Gasteiger partial charge in [0, 0.05) is 30.3 Å². The average Bonchev–Trinajstić information content (AvgIpc) is 2.83. The number of rotatable bonds is 2. The molecule has 2 aromatic heterocycles. The molecule has 0 spiro atoms. The first-order valence-electron chi connectivity index (χ1n) is 6.03. The minimum Gasteiger partial charge on any atom is -0.291 e. The van der Waals surface area contributed by atoms with Crippen molar-refractivity contribution < 1.29 is 0 Å². The summed E-state index contributed by atoms with van der Waals surface area (Å²) >= 11 is 1.66. The maximum absolute atomic E-state index is 5.67. The van der Waals surface area contributed by atoms with Gasteiger partial charge in [0.1, 0.15) is 16.7 Å². The van der Waals surface area contributed by atoms with Crippen molar-refractivity contribution in [3.05, 3.63) is 39.4 Å². The third-order valence-corrected chi connectivity index (χ3v) is 4.13. The van der Waals surface area contributed by atoms with E-state index in [-0.39, 0.29) is 5.92 Å². The van der Waals surface area contributed by atoms with Crippen LogP contribution in [-0.2, 0) is 6.42 Å². The fraction of sp³-hybridized carbons (Fsp3) is 0.286. The van der Waals surface area contributed by atoms with E-state index in [1.165, 1.54) is 4.88 Å². The highest BCUT2D eigenvalue weighted by molar-refractivity contribution is 7.12. The van der Waals surface area contributed by atoms with E-state index >= 15 is 0 Å². The van der Waals surface area contributed by atoms with E-state index in [9.17, 15) is 0 Å². The number of nitrogens with zero attached hydrogens (tertiary/aromatic N) is 4. The van der Waals surface area contributed by atoms with Crippen LogP contribution in [0.3, 0.4) is 0 Å². The van der Waals surface area contributed by atoms with Gasteiger partial charge in [-0.05, 0) is 13.0 Å². The van der Waals surface area contributed by atoms with Gasteiger partial charge < -0.3 is 0 Å². The molecule has 1 aliphatic heterocycles. The summed E-state index contributed by atoms with van der Waals surface area (Å²) in [6.07, 6.45) is 10.2. The third kappa shape index (κ3) is 2.27. The molecule has 1 unspecified atom stereocenters. The highest BCUT2D eigenvalue weighted by Gasteiger charge is 2.20. The molecule has 0 N–H and O–H groups in total. The van der Waals surface area contributed by atoms with Crippen molar-refractivity contribution in [2.24, 2.45) is 4.99 Å². The number of terminal acetylenes is 1. The van der Waals surface area contributed by atoms with Gasteiger partial charge in [0.2, 0.25) is 0 Å². The van der Waals surface area contributed by atoms with E-state index < -0.39 is 0 Å². The highest BCUT2D eigenvalue weighted by Crippen LogP contribution is 2.29. The Balaban J connectivity index is 2.01. The van der Waals surface area contributed by atoms with E-state index in [1.54, 1.807) is 17.5 Å². The van der Waals surface area contributed by atoms with Crippen molar-refractivity contribution >= 4 is 17.6 Å². The number of aryl methyl sites for hydroxylation is 1. The fourth-order valence-electron chi connectivity index (χ4n) is 2.02. The van der Waals surface area contributed by atoms with Crippen molar-refractivity contribution in [1.29, 1.82) is 0 Å². The number of thiazole rings is 1. The second-order valence-electron chi connectivity index (χ2n) is 4.27. The Bertz CT molecular complexity index is 681. The van der Waals surface area contributed by atoms with Gasteiger partial charge >= 0.3 is 0 Å². The summed E-state index contributed by atoms with van der Waals surface area (Å²) in [7, 11) is 0. The van der Waals surface area contributed by atoms with Gasteiger partial charge in [-0.3, -0.25) is 4.99 Å². The first-order chi connectivity index (χ1) is 9.28. The molecule has 0 aromatic carbocycles. The molecule has 0 fully saturated rings. The molecular weight excluding hydrogens is 256 g/mol. The summed E-state index contributed by atoms with van der Waals surface area (Å²) < 4.78 is 0. The molecule has 0 amide bonds. The normalized spacial score (nSPS) is 14.7. The molecule has 94 valence electrons. The maximum atomic E-state index is 5.67. The van der Waals surface area contributed by atoms with Crippen LogP contribution in [-0.4, -0.2) is 27.7 Å². The van der Waals surface area contributed by atoms with E-state index in [0.717, 1.165) is 35.2 Å². The highest BCUT2D eigenvalue weighted by atomic mass is 32.1. The van der Waals surface area contributed by atoms with Crippen molar-refractivity contribution in [1.82, 2.24) is 15.0 Å². The topological polar surface area (TPSA) is 51.0 Å². The van der Waals surface area contributed by atoms with Crippen LogP contribution >= 0.6 is 11.3 Å². The lowest BCUT2D eigenvalue weighted by molar-refractivity contribution is 0.907. The lowest BCUT2D eigenvalue weighted by Crippen LogP contribution is -2.03. The zero-order valence-corrected chi connectivity index (χ0v) is 11.3. The number of hydrogen-bond acceptors (Lipinski definition) is 5. The Morgan fingerprint density at radius 3 is 3.05 bits per heavy atom. The van der Waals surface area contributed by atoms with E-state index in [4.69, 9.17) is 6.42 Å². The molecule has 5 heteroatoms. The van der Waals surface area contributed by atoms with Gasteiger partial charge in [-0.1, -0.05) is 5.92 Å². The number of hydrogen-bond donors (Lipinski definition) is 0. The van der Waals surface area contributed by atoms with Crippen LogP contribution in [0.1, 0.15) is 33.0 Å². The summed E-state index contributed by atoms with van der Waals surface area (Å²) in [5, 5.41) is 0.916. The summed E-state index contributed by atoms with van der Waals surface area (Å²) in [4.78, 5) is 18.6. The van der Waals surface area contributed by atoms with Crippen LogP contribution < -0.4 is 0 Å². The molecule has 0 radical (unpaired) electrons. The third-order valence-electron chi connectivity index (χ3n) is 2.93. The standard InChI is InChI=1S/C14H12N4S/c1-3-10(11-4-7-16-9(2)17-11)14-18-12-8-15-6-5-13(12)19-14/h1,4,7-8,10H,5-6H2,2H3. The van der Waals surface area contributed by atoms with Crippen molar-refractivity contribution in [2.75, 3.05) is 6.54 Å². The Labute approximate surface area is 115 Å². The Kier molecular flexibility index (Phi) is 3.10. The van der Waals surface area contributed by atoms with Gasteiger partial charge in [-0.15, -0.1) is 17.8 Å². The molecule has 0 aliphatic carbocycles. The van der Waals surface area contributed by atoms with Crippen LogP contribution in [0.5, 0.6) is 0 Å². The lowest BCUT2D eigenvalue weighted by atomic mass is 10.1. The van der Waals surface area contributed by atoms with Gasteiger partial charge in [0.25, 0.3) is 0 Å². The molecule has 0 saturated heterocycles. The minimum absolute atomic E-state index is 0.203. The molecule has 2 aromatic rings. The van der Waals surface area contributed by atoms with E-state index in [2.05, 4.69) is 25.9 Å². The Hall–Kier alpha value is -2.06. The predicted molar refractivity (Wildman–Crippen MR) is 75.7 cm³/mol. The second kappa shape index (κ2) is 4.90. The van der Waals surface area contributed by atoms with Crippen LogP contribution in [0.25, 0.3) is 0 Å². The molecule has 0 bridgehead atoms. The maximum Gasteiger partial charge on any atom is 0.125 e. The molecule has 1 atom stereocenters. The monoisotopic (exact) mass is 268 g/mol. The summed E-state index contributed by atoms with van der Waals surface area (Å²) in [5.74, 6) is 3.30. The minimum atomic E-state index is -0.203. The van der Waals surface area contributed by atoms with Crippen molar-refractivity contribution in [2.45, 2.75) is 19.3 Å². The molecule has 3 heterocycles. The quantitative estimate of drug-likeness (QED) is 0.783. The van der Waals surface area contributed by atoms with Gasteiger partial charge in [-0.25, -0.2) is 15.0 Å². The first-order valence-corrected chi connectivity index (χ1v) is 6.84. The summed E-state index contributed by atoms with van der Waals surface area (Å²) in [6.45, 7) is 2.69. The number of fused-ring (bicyclic) bond motifs is 1. The van der Waals surface area contributed by atoms with Crippen molar-refractivity contribution in [3.63, 3.8) is 0 Å². The Morgan fingerprint density at radius 1 is 1.42 bits per heavy atom. The van der Waals surface area contributed by atoms with Crippen LogP contribution in [0.2, 0.25) is 0 Å². The van der Waals surface area contributed by atoms with Crippen molar-refractivity contribution in [3.8, 4) is 12.3 Å². The zero-order valence-electron chi connectivity index (χ0n) is 10.5. The predicted octanol–water partition coefficient (Wildman–Crippen LogP) is 1.98. The molecule has 1 aliphatic rings.